The Hall–Kier alpha value is -3.20. The smallest absolute Gasteiger partial charge is 0.0820 e. The molecule has 4 nitrogen and oxygen atoms in total. The van der Waals surface area contributed by atoms with Crippen molar-refractivity contribution in [2.75, 3.05) is 23.0 Å². The van der Waals surface area contributed by atoms with Crippen molar-refractivity contribution in [1.29, 1.82) is 0 Å². The Bertz CT molecular complexity index is 3100. The highest BCUT2D eigenvalue weighted by Gasteiger charge is 2.21. The Balaban J connectivity index is 0.950. The average Bonchev–Trinajstić information content (AvgIpc) is 1.62. The number of fused-ring (bicyclic) bond motifs is 24. The summed E-state index contributed by atoms with van der Waals surface area (Å²) in [6.45, 7) is 9.27. The Morgan fingerprint density at radius 3 is 0.411 bits per heavy atom. The summed E-state index contributed by atoms with van der Waals surface area (Å²) in [5.74, 6) is 4.48. The lowest BCUT2D eigenvalue weighted by Crippen LogP contribution is -1.90. The molecule has 16 bridgehead atoms. The van der Waals surface area contributed by atoms with E-state index in [2.05, 4.69) is 125 Å². The molecule has 0 saturated heterocycles. The van der Waals surface area contributed by atoms with Gasteiger partial charge < -0.3 is 0 Å². The summed E-state index contributed by atoms with van der Waals surface area (Å²) in [6, 6.07) is 37.7. The van der Waals surface area contributed by atoms with Crippen molar-refractivity contribution in [3.63, 3.8) is 0 Å². The number of unbranched alkanes of at least 4 members (excludes halogenated alkanes) is 52. The quantitative estimate of drug-likeness (QED) is 0.0276. The molecule has 1 aliphatic rings. The van der Waals surface area contributed by atoms with Gasteiger partial charge in [0, 0.05) is 19.6 Å². The van der Waals surface area contributed by atoms with Gasteiger partial charge in [-0.3, -0.25) is 0 Å². The zero-order valence-electron chi connectivity index (χ0n) is 70.7. The van der Waals surface area contributed by atoms with E-state index in [0.717, 1.165) is 68.6 Å². The van der Waals surface area contributed by atoms with Crippen molar-refractivity contribution in [2.45, 2.75) is 407 Å². The second-order valence-corrected chi connectivity index (χ2v) is 41.7. The number of thioether (sulfide) groups is 4. The van der Waals surface area contributed by atoms with Crippen LogP contribution in [0, 0.1) is 0 Å². The minimum Gasteiger partial charge on any atom is -0.246 e. The van der Waals surface area contributed by atoms with Crippen molar-refractivity contribution in [3.05, 3.63) is 97.1 Å². The van der Waals surface area contributed by atoms with Gasteiger partial charge in [0.1, 0.15) is 0 Å². The maximum atomic E-state index is 5.63. The number of nitrogens with zero attached hydrogens (tertiary/aromatic N) is 4. The normalized spacial score (nSPS) is 11.9. The van der Waals surface area contributed by atoms with Gasteiger partial charge in [0.2, 0.25) is 0 Å². The van der Waals surface area contributed by atoms with Crippen LogP contribution in [0.4, 0.5) is 0 Å². The van der Waals surface area contributed by atoms with Crippen LogP contribution in [0.15, 0.2) is 117 Å². The first-order valence-corrected chi connectivity index (χ1v) is 53.7. The van der Waals surface area contributed by atoms with Gasteiger partial charge in [-0.25, -0.2) is 19.9 Å². The molecule has 9 heterocycles. The van der Waals surface area contributed by atoms with E-state index in [1.54, 1.807) is 0 Å². The van der Waals surface area contributed by atoms with Crippen molar-refractivity contribution in [2.24, 2.45) is 0 Å². The van der Waals surface area contributed by atoms with E-state index in [1.165, 1.54) is 418 Å². The van der Waals surface area contributed by atoms with E-state index in [0.29, 0.717) is 0 Å². The summed E-state index contributed by atoms with van der Waals surface area (Å²) in [5, 5.41) is 0. The summed E-state index contributed by atoms with van der Waals surface area (Å²) in [4.78, 5) is 37.3. The van der Waals surface area contributed by atoms with Crippen LogP contribution in [-0.2, 0) is 0 Å². The molecular weight excluding hydrogens is 1510 g/mol. The molecule has 0 N–H and O–H groups in total. The van der Waals surface area contributed by atoms with Gasteiger partial charge in [-0.2, -0.15) is 0 Å². The topological polar surface area (TPSA) is 51.6 Å². The molecule has 0 spiro atoms. The highest BCUT2D eigenvalue weighted by atomic mass is 32.2. The van der Waals surface area contributed by atoms with Crippen molar-refractivity contribution in [3.8, 4) is 84.6 Å². The van der Waals surface area contributed by atoms with Crippen LogP contribution < -0.4 is 0 Å². The maximum absolute atomic E-state index is 5.63. The van der Waals surface area contributed by atoms with Gasteiger partial charge >= 0.3 is 0 Å². The van der Waals surface area contributed by atoms with E-state index >= 15 is 0 Å². The average molecular weight is 1660 g/mol. The van der Waals surface area contributed by atoms with Crippen LogP contribution in [0.3, 0.4) is 0 Å². The van der Waals surface area contributed by atoms with Gasteiger partial charge in [0.05, 0.1) is 84.6 Å². The number of pyridine rings is 4. The standard InChI is InChI=1S/C100H148N4S8/c1-5-9-13-17-21-25-29-33-37-41-45-49-53-57-69-105-81-73-85-93-61-63-95(109-93)87-75-82(106-70-58-54-50-46-42-38-34-30-26-22-18-14-10-6-2)77-89(102-87)97-65-67-99(111-97)91-79-84(108-72-60-56-52-48-44-40-36-32-28-24-20-16-12-8-4)80-92(104-91)100-68-66-98(112-100)90-78-83(76-88(103-90)96-64-62-94(110-96)86(74-81)101-85)107-71-59-55-51-47-43-39-35-31-27-23-19-15-11-7-3/h61-68,73-80H,5-60,69-72H2,1-4H3. The predicted molar refractivity (Wildman–Crippen MR) is 510 cm³/mol. The van der Waals surface area contributed by atoms with Crippen molar-refractivity contribution in [1.82, 2.24) is 19.9 Å². The summed E-state index contributed by atoms with van der Waals surface area (Å²) in [6.07, 6.45) is 77.4. The summed E-state index contributed by atoms with van der Waals surface area (Å²) in [5.41, 5.74) is 8.41. The van der Waals surface area contributed by atoms with E-state index in [-0.39, 0.29) is 0 Å². The second-order valence-electron chi connectivity index (χ2n) is 32.7. The fraction of sp³-hybridized carbons (Fsp3) is 0.640. The predicted octanol–water partition coefficient (Wildman–Crippen LogP) is 37.5. The number of hydrogen-bond donors (Lipinski definition) is 0. The maximum Gasteiger partial charge on any atom is 0.0820 e. The molecule has 0 fully saturated rings. The highest BCUT2D eigenvalue weighted by Crippen LogP contribution is 2.45. The van der Waals surface area contributed by atoms with E-state index in [9.17, 15) is 0 Å². The van der Waals surface area contributed by atoms with Crippen LogP contribution >= 0.6 is 92.4 Å². The summed E-state index contributed by atoms with van der Waals surface area (Å²) in [7, 11) is 0. The van der Waals surface area contributed by atoms with Gasteiger partial charge in [-0.15, -0.1) is 92.4 Å². The van der Waals surface area contributed by atoms with Crippen LogP contribution in [-0.4, -0.2) is 42.9 Å². The first-order valence-electron chi connectivity index (χ1n) is 46.5. The van der Waals surface area contributed by atoms with E-state index in [1.807, 2.05) is 92.4 Å². The Kier molecular flexibility index (Phi) is 48.5. The zero-order chi connectivity index (χ0) is 77.8. The first-order chi connectivity index (χ1) is 55.5. The molecule has 0 amide bonds. The van der Waals surface area contributed by atoms with Gasteiger partial charge in [-0.05, 0) is 146 Å². The molecule has 8 aromatic rings. The summed E-state index contributed by atoms with van der Waals surface area (Å²) >= 11 is 15.5. The molecule has 0 unspecified atom stereocenters. The zero-order valence-corrected chi connectivity index (χ0v) is 77.3. The minimum absolute atomic E-state index is 1.05. The SMILES string of the molecule is CCCCCCCCCCCCCCCCSc1cc2nc(c1)-c1ccc(s1)-c1cc(SCCCCCCCCCCCCCCCC)cc(n1)-c1ccc(s1)-c1cc(SCCCCCCCCCCCCCCCC)cc(n1)-c1ccc(s1)-c1cc(SCCCCCCCCCCCCCCCC)cc(n1)-c1ccc-2s1. The van der Waals surface area contributed by atoms with Gasteiger partial charge in [0.15, 0.2) is 0 Å². The van der Waals surface area contributed by atoms with Gasteiger partial charge in [-0.1, -0.05) is 362 Å². The molecule has 0 radical (unpaired) electrons. The fourth-order valence-electron chi connectivity index (χ4n) is 15.8. The molecule has 0 aromatic carbocycles. The highest BCUT2D eigenvalue weighted by molar-refractivity contribution is 8.00. The fourth-order valence-corrected chi connectivity index (χ4v) is 23.4. The Morgan fingerprint density at radius 1 is 0.170 bits per heavy atom. The second kappa shape index (κ2) is 58.6. The number of rotatable bonds is 64. The lowest BCUT2D eigenvalue weighted by atomic mass is 10.0. The summed E-state index contributed by atoms with van der Waals surface area (Å²) < 4.78 is 0. The number of thiophene rings is 4. The lowest BCUT2D eigenvalue weighted by molar-refractivity contribution is 0.538. The first kappa shape index (κ1) is 92.7. The molecule has 8 aromatic heterocycles. The molecule has 0 aliphatic carbocycles. The lowest BCUT2D eigenvalue weighted by Gasteiger charge is -2.09. The number of hydrogen-bond acceptors (Lipinski definition) is 12. The van der Waals surface area contributed by atoms with Gasteiger partial charge in [0.25, 0.3) is 0 Å². The monoisotopic (exact) mass is 1660 g/mol. The molecule has 616 valence electrons. The third-order valence-electron chi connectivity index (χ3n) is 22.7. The Morgan fingerprint density at radius 2 is 0.286 bits per heavy atom. The van der Waals surface area contributed by atoms with E-state index < -0.39 is 0 Å². The number of aromatic nitrogens is 4. The van der Waals surface area contributed by atoms with Crippen molar-refractivity contribution < 1.29 is 0 Å². The van der Waals surface area contributed by atoms with Crippen LogP contribution in [0.2, 0.25) is 0 Å². The largest absolute Gasteiger partial charge is 0.246 e. The molecule has 0 atom stereocenters. The van der Waals surface area contributed by atoms with Crippen LogP contribution in [0.5, 0.6) is 0 Å². The molecular formula is C100H148N4S8. The molecule has 0 saturated carbocycles. The third kappa shape index (κ3) is 36.6. The van der Waals surface area contributed by atoms with Crippen molar-refractivity contribution >= 4 is 92.4 Å². The molecule has 1 aliphatic heterocycles. The third-order valence-corrected chi connectivity index (χ3v) is 31.5. The molecule has 9 rings (SSSR count). The van der Waals surface area contributed by atoms with E-state index in [4.69, 9.17) is 19.9 Å². The van der Waals surface area contributed by atoms with Crippen LogP contribution in [0.25, 0.3) is 84.6 Å². The van der Waals surface area contributed by atoms with Crippen LogP contribution in [0.1, 0.15) is 387 Å². The molecule has 12 heteroatoms. The molecule has 112 heavy (non-hydrogen) atoms. The Labute approximate surface area is 717 Å². The minimum atomic E-state index is 1.05.